The lowest BCUT2D eigenvalue weighted by molar-refractivity contribution is -0.291. The number of hydrogen-bond acceptors (Lipinski definition) is 3. The summed E-state index contributed by atoms with van der Waals surface area (Å²) in [7, 11) is 0. The minimum atomic E-state index is -6.02. The average molecular weight is 476 g/mol. The molecule has 0 amide bonds. The first-order valence-corrected chi connectivity index (χ1v) is 7.76. The molecule has 0 aliphatic rings. The normalized spacial score (nSPS) is 12.8. The van der Waals surface area contributed by atoms with Crippen LogP contribution in [0.25, 0.3) is 5.69 Å². The van der Waals surface area contributed by atoms with Crippen molar-refractivity contribution < 1.29 is 35.1 Å². The number of alkyl halides is 8. The van der Waals surface area contributed by atoms with Crippen molar-refractivity contribution >= 4 is 15.9 Å². The molecule has 0 atom stereocenters. The molecule has 0 radical (unpaired) electrons. The van der Waals surface area contributed by atoms with Crippen LogP contribution in [0.5, 0.6) is 0 Å². The van der Waals surface area contributed by atoms with Crippen LogP contribution in [0.4, 0.5) is 35.1 Å². The summed E-state index contributed by atoms with van der Waals surface area (Å²) < 4.78 is 103. The lowest BCUT2D eigenvalue weighted by atomic mass is 10.1. The first kappa shape index (κ1) is 21.8. The fourth-order valence-corrected chi connectivity index (χ4v) is 2.90. The Morgan fingerprint density at radius 3 is 2.14 bits per heavy atom. The van der Waals surface area contributed by atoms with Gasteiger partial charge in [0.25, 0.3) is 5.56 Å². The topological polar surface area (TPSA) is 58.7 Å². The summed E-state index contributed by atoms with van der Waals surface area (Å²) in [5.74, 6) is -5.43. The summed E-state index contributed by atoms with van der Waals surface area (Å²) in [5, 5.41) is 9.10. The second-order valence-electron chi connectivity index (χ2n) is 5.43. The Morgan fingerprint density at radius 1 is 1.11 bits per heavy atom. The third kappa shape index (κ3) is 3.60. The van der Waals surface area contributed by atoms with Crippen LogP contribution < -0.4 is 5.56 Å². The molecule has 1 aromatic carbocycles. The summed E-state index contributed by atoms with van der Waals surface area (Å²) in [6, 6.07) is 2.34. The number of benzene rings is 1. The van der Waals surface area contributed by atoms with Gasteiger partial charge >= 0.3 is 18.3 Å². The minimum absolute atomic E-state index is 0.290. The van der Waals surface area contributed by atoms with Gasteiger partial charge in [0.05, 0.1) is 16.8 Å². The van der Waals surface area contributed by atoms with Gasteiger partial charge in [0.2, 0.25) is 0 Å². The maximum absolute atomic E-state index is 13.5. The summed E-state index contributed by atoms with van der Waals surface area (Å²) in [6.07, 6.45) is -10.6. The molecule has 0 spiro atoms. The van der Waals surface area contributed by atoms with Gasteiger partial charge in [-0.25, -0.2) is 4.98 Å². The standard InChI is InChI=1S/C15H6BrF8N3O/c1-6-11(13(17,18)15(22,23)24)26-5-27(12(6)28)10-7(4-25)2-8(3-9(10)16)14(19,20)21/h2-3,5H,1H3. The Labute approximate surface area is 159 Å². The van der Waals surface area contributed by atoms with Gasteiger partial charge in [-0.1, -0.05) is 0 Å². The van der Waals surface area contributed by atoms with E-state index in [9.17, 15) is 39.9 Å². The van der Waals surface area contributed by atoms with Crippen LogP contribution in [0.15, 0.2) is 27.7 Å². The molecular formula is C15H6BrF8N3O. The highest BCUT2D eigenvalue weighted by molar-refractivity contribution is 9.10. The van der Waals surface area contributed by atoms with E-state index >= 15 is 0 Å². The van der Waals surface area contributed by atoms with E-state index in [1.54, 1.807) is 0 Å². The summed E-state index contributed by atoms with van der Waals surface area (Å²) in [6.45, 7) is 0.658. The number of rotatable bonds is 2. The Hall–Kier alpha value is -2.49. The number of nitriles is 1. The maximum Gasteiger partial charge on any atom is 0.459 e. The van der Waals surface area contributed by atoms with Crippen molar-refractivity contribution in [1.29, 1.82) is 5.26 Å². The van der Waals surface area contributed by atoms with Crippen LogP contribution in [-0.2, 0) is 12.1 Å². The molecule has 28 heavy (non-hydrogen) atoms. The minimum Gasteiger partial charge on any atom is -0.269 e. The van der Waals surface area contributed by atoms with E-state index < -0.39 is 56.4 Å². The van der Waals surface area contributed by atoms with E-state index in [1.807, 2.05) is 0 Å². The fraction of sp³-hybridized carbons (Fsp3) is 0.267. The van der Waals surface area contributed by atoms with Gasteiger partial charge in [-0.3, -0.25) is 9.36 Å². The summed E-state index contributed by atoms with van der Waals surface area (Å²) in [5.41, 5.74) is -6.75. The van der Waals surface area contributed by atoms with Crippen LogP contribution in [0.3, 0.4) is 0 Å². The molecule has 0 saturated carbocycles. The van der Waals surface area contributed by atoms with Crippen LogP contribution in [-0.4, -0.2) is 15.7 Å². The van der Waals surface area contributed by atoms with Gasteiger partial charge in [0, 0.05) is 10.0 Å². The Balaban J connectivity index is 2.78. The van der Waals surface area contributed by atoms with E-state index in [-0.39, 0.29) is 0 Å². The molecule has 150 valence electrons. The van der Waals surface area contributed by atoms with Crippen LogP contribution in [0.1, 0.15) is 22.4 Å². The third-order valence-corrected chi connectivity index (χ3v) is 4.21. The summed E-state index contributed by atoms with van der Waals surface area (Å²) in [4.78, 5) is 15.3. The van der Waals surface area contributed by atoms with Crippen molar-refractivity contribution in [2.75, 3.05) is 0 Å². The molecule has 1 aromatic heterocycles. The number of hydrogen-bond donors (Lipinski definition) is 0. The average Bonchev–Trinajstić information content (AvgIpc) is 2.55. The van der Waals surface area contributed by atoms with Gasteiger partial charge in [0.15, 0.2) is 0 Å². The van der Waals surface area contributed by atoms with E-state index in [2.05, 4.69) is 20.9 Å². The van der Waals surface area contributed by atoms with E-state index in [0.717, 1.165) is 0 Å². The van der Waals surface area contributed by atoms with E-state index in [4.69, 9.17) is 5.26 Å². The lowest BCUT2D eigenvalue weighted by Crippen LogP contribution is -2.38. The highest BCUT2D eigenvalue weighted by Gasteiger charge is 2.60. The third-order valence-electron chi connectivity index (χ3n) is 3.60. The second kappa shape index (κ2) is 6.84. The zero-order valence-corrected chi connectivity index (χ0v) is 15.0. The number of halogens is 9. The molecule has 0 saturated heterocycles. The quantitative estimate of drug-likeness (QED) is 0.583. The van der Waals surface area contributed by atoms with Gasteiger partial charge in [-0.05, 0) is 35.0 Å². The highest BCUT2D eigenvalue weighted by Crippen LogP contribution is 2.43. The predicted molar refractivity (Wildman–Crippen MR) is 81.9 cm³/mol. The van der Waals surface area contributed by atoms with E-state index in [0.29, 0.717) is 30.0 Å². The van der Waals surface area contributed by atoms with Crippen molar-refractivity contribution in [2.24, 2.45) is 0 Å². The van der Waals surface area contributed by atoms with Crippen molar-refractivity contribution in [3.05, 3.63) is 55.7 Å². The Kier molecular flexibility index (Phi) is 5.33. The molecular weight excluding hydrogens is 470 g/mol. The van der Waals surface area contributed by atoms with Crippen molar-refractivity contribution in [2.45, 2.75) is 25.2 Å². The highest BCUT2D eigenvalue weighted by atomic mass is 79.9. The smallest absolute Gasteiger partial charge is 0.269 e. The van der Waals surface area contributed by atoms with Gasteiger partial charge in [-0.15, -0.1) is 0 Å². The molecule has 0 unspecified atom stereocenters. The monoisotopic (exact) mass is 475 g/mol. The molecule has 0 aliphatic heterocycles. The number of aromatic nitrogens is 2. The van der Waals surface area contributed by atoms with Gasteiger partial charge in [-0.2, -0.15) is 40.4 Å². The molecule has 0 N–H and O–H groups in total. The van der Waals surface area contributed by atoms with Crippen LogP contribution in [0, 0.1) is 18.3 Å². The van der Waals surface area contributed by atoms with Crippen molar-refractivity contribution in [1.82, 2.24) is 9.55 Å². The van der Waals surface area contributed by atoms with Crippen LogP contribution in [0.2, 0.25) is 0 Å². The lowest BCUT2D eigenvalue weighted by Gasteiger charge is -2.21. The molecule has 1 heterocycles. The second-order valence-corrected chi connectivity index (χ2v) is 6.28. The zero-order chi connectivity index (χ0) is 21.7. The Morgan fingerprint density at radius 2 is 1.68 bits per heavy atom. The summed E-state index contributed by atoms with van der Waals surface area (Å²) >= 11 is 2.75. The molecule has 4 nitrogen and oxygen atoms in total. The van der Waals surface area contributed by atoms with E-state index in [1.165, 1.54) is 6.07 Å². The molecule has 0 bridgehead atoms. The molecule has 13 heteroatoms. The van der Waals surface area contributed by atoms with Crippen LogP contribution >= 0.6 is 15.9 Å². The first-order chi connectivity index (χ1) is 12.6. The molecule has 2 aromatic rings. The maximum atomic E-state index is 13.5. The van der Waals surface area contributed by atoms with Gasteiger partial charge < -0.3 is 0 Å². The predicted octanol–water partition coefficient (Wildman–Crippen LogP) is 4.85. The SMILES string of the molecule is Cc1c(C(F)(F)C(F)(F)F)ncn(-c2c(Br)cc(C(F)(F)F)cc2C#N)c1=O. The van der Waals surface area contributed by atoms with Crippen molar-refractivity contribution in [3.8, 4) is 11.8 Å². The first-order valence-electron chi connectivity index (χ1n) is 6.97. The molecule has 0 fully saturated rings. The van der Waals surface area contributed by atoms with Crippen molar-refractivity contribution in [3.63, 3.8) is 0 Å². The zero-order valence-electron chi connectivity index (χ0n) is 13.4. The number of nitrogens with zero attached hydrogens (tertiary/aromatic N) is 3. The Bertz CT molecular complexity index is 1030. The molecule has 0 aliphatic carbocycles. The molecule has 2 rings (SSSR count). The van der Waals surface area contributed by atoms with Gasteiger partial charge in [0.1, 0.15) is 18.1 Å². The fourth-order valence-electron chi connectivity index (χ4n) is 2.25. The largest absolute Gasteiger partial charge is 0.459 e.